The number of likely N-dealkylation sites (tertiary alicyclic amines) is 1. The number of hydrogen-bond donors (Lipinski definition) is 0. The number of pyridine rings is 1. The van der Waals surface area contributed by atoms with Gasteiger partial charge in [0.25, 0.3) is 11.5 Å². The Balaban J connectivity index is 1.42. The fraction of sp³-hybridized carbons (Fsp3) is 0.391. The maximum absolute atomic E-state index is 13.3. The number of rotatable bonds is 4. The molecule has 0 radical (unpaired) electrons. The smallest absolute Gasteiger partial charge is 0.253 e. The Kier molecular flexibility index (Phi) is 4.51. The number of ether oxygens (including phenoxy) is 1. The van der Waals surface area contributed by atoms with Crippen LogP contribution in [0.15, 0.2) is 53.5 Å². The fourth-order valence-electron chi connectivity index (χ4n) is 4.95. The van der Waals surface area contributed by atoms with Crippen molar-refractivity contribution in [1.29, 1.82) is 0 Å². The standard InChI is InChI=1S/C23H25N3O3/c1-29-10-9-24-8-7-17-5-6-18(12-21(17)24)23(28)25-13-16-11-19(15-25)20-3-2-4-22(27)26(20)14-16/h2-8,12,16,19H,9-11,13-15H2,1H3/t16-,19+/m1/s1. The average Bonchev–Trinajstić information content (AvgIpc) is 3.14. The molecule has 2 aliphatic rings. The summed E-state index contributed by atoms with van der Waals surface area (Å²) in [5.41, 5.74) is 2.91. The molecule has 0 aliphatic carbocycles. The minimum absolute atomic E-state index is 0.0687. The summed E-state index contributed by atoms with van der Waals surface area (Å²) < 4.78 is 9.22. The Labute approximate surface area is 169 Å². The predicted molar refractivity (Wildman–Crippen MR) is 111 cm³/mol. The lowest BCUT2D eigenvalue weighted by molar-refractivity contribution is 0.0594. The molecule has 3 aromatic rings. The summed E-state index contributed by atoms with van der Waals surface area (Å²) >= 11 is 0. The maximum Gasteiger partial charge on any atom is 0.253 e. The fourth-order valence-corrected chi connectivity index (χ4v) is 4.95. The summed E-state index contributed by atoms with van der Waals surface area (Å²) in [7, 11) is 1.69. The Morgan fingerprint density at radius 1 is 1.14 bits per heavy atom. The lowest BCUT2D eigenvalue weighted by Gasteiger charge is -2.42. The first-order valence-corrected chi connectivity index (χ1v) is 10.2. The molecule has 1 saturated heterocycles. The molecule has 2 aliphatic heterocycles. The number of hydrogen-bond acceptors (Lipinski definition) is 3. The molecule has 1 amide bonds. The highest BCUT2D eigenvalue weighted by Gasteiger charge is 2.36. The molecule has 2 atom stereocenters. The number of methoxy groups -OCH3 is 1. The second kappa shape index (κ2) is 7.19. The summed E-state index contributed by atoms with van der Waals surface area (Å²) in [6.45, 7) is 3.47. The lowest BCUT2D eigenvalue weighted by Crippen LogP contribution is -2.49. The van der Waals surface area contributed by atoms with E-state index in [4.69, 9.17) is 4.74 Å². The van der Waals surface area contributed by atoms with Crippen molar-refractivity contribution in [2.75, 3.05) is 26.8 Å². The van der Waals surface area contributed by atoms with E-state index in [9.17, 15) is 9.59 Å². The van der Waals surface area contributed by atoms with Crippen LogP contribution in [0, 0.1) is 5.92 Å². The van der Waals surface area contributed by atoms with Gasteiger partial charge in [-0.25, -0.2) is 0 Å². The van der Waals surface area contributed by atoms with E-state index in [1.807, 2.05) is 46.0 Å². The van der Waals surface area contributed by atoms with Crippen LogP contribution in [0.5, 0.6) is 0 Å². The largest absolute Gasteiger partial charge is 0.383 e. The number of nitrogens with zero attached hydrogens (tertiary/aromatic N) is 3. The Morgan fingerprint density at radius 3 is 2.90 bits per heavy atom. The van der Waals surface area contributed by atoms with Crippen LogP contribution >= 0.6 is 0 Å². The average molecular weight is 391 g/mol. The van der Waals surface area contributed by atoms with Gasteiger partial charge >= 0.3 is 0 Å². The number of piperidine rings is 1. The molecule has 2 aromatic heterocycles. The molecule has 0 unspecified atom stereocenters. The molecule has 150 valence electrons. The number of carbonyl (C=O) groups is 1. The van der Waals surface area contributed by atoms with Crippen molar-refractivity contribution in [2.24, 2.45) is 5.92 Å². The highest BCUT2D eigenvalue weighted by Crippen LogP contribution is 2.35. The molecule has 29 heavy (non-hydrogen) atoms. The molecule has 6 heteroatoms. The zero-order valence-corrected chi connectivity index (χ0v) is 16.6. The zero-order valence-electron chi connectivity index (χ0n) is 16.6. The van der Waals surface area contributed by atoms with Crippen molar-refractivity contribution in [3.05, 3.63) is 70.3 Å². The monoisotopic (exact) mass is 391 g/mol. The minimum atomic E-state index is 0.0687. The topological polar surface area (TPSA) is 56.5 Å². The first-order chi connectivity index (χ1) is 14.1. The molecule has 1 fully saturated rings. The van der Waals surface area contributed by atoms with Crippen LogP contribution in [0.4, 0.5) is 0 Å². The van der Waals surface area contributed by atoms with Crippen molar-refractivity contribution in [3.63, 3.8) is 0 Å². The Hall–Kier alpha value is -2.86. The molecular formula is C23H25N3O3. The van der Waals surface area contributed by atoms with Gasteiger partial charge in [-0.1, -0.05) is 12.1 Å². The SMILES string of the molecule is COCCn1ccc2ccc(C(=O)N3C[C@H]4C[C@@H](C3)c3cccc(=O)n3C4)cc21. The van der Waals surface area contributed by atoms with E-state index in [2.05, 4.69) is 10.6 Å². The zero-order chi connectivity index (χ0) is 20.0. The second-order valence-corrected chi connectivity index (χ2v) is 8.18. The van der Waals surface area contributed by atoms with Gasteiger partial charge in [0.1, 0.15) is 0 Å². The van der Waals surface area contributed by atoms with Gasteiger partial charge in [-0.05, 0) is 42.0 Å². The summed E-state index contributed by atoms with van der Waals surface area (Å²) in [5.74, 6) is 0.641. The van der Waals surface area contributed by atoms with Gasteiger partial charge in [-0.2, -0.15) is 0 Å². The number of aromatic nitrogens is 2. The van der Waals surface area contributed by atoms with Crippen LogP contribution in [0.25, 0.3) is 10.9 Å². The van der Waals surface area contributed by atoms with Gasteiger partial charge < -0.3 is 18.8 Å². The first-order valence-electron chi connectivity index (χ1n) is 10.2. The van der Waals surface area contributed by atoms with Crippen LogP contribution in [0.2, 0.25) is 0 Å². The molecule has 1 aromatic carbocycles. The van der Waals surface area contributed by atoms with Crippen LogP contribution in [-0.2, 0) is 17.8 Å². The quantitative estimate of drug-likeness (QED) is 0.687. The van der Waals surface area contributed by atoms with Crippen LogP contribution < -0.4 is 5.56 Å². The molecular weight excluding hydrogens is 366 g/mol. The summed E-state index contributed by atoms with van der Waals surface area (Å²) in [6.07, 6.45) is 3.09. The van der Waals surface area contributed by atoms with Crippen LogP contribution in [0.3, 0.4) is 0 Å². The van der Waals surface area contributed by atoms with E-state index in [1.165, 1.54) is 0 Å². The highest BCUT2D eigenvalue weighted by atomic mass is 16.5. The van der Waals surface area contributed by atoms with Crippen LogP contribution in [-0.4, -0.2) is 46.7 Å². The van der Waals surface area contributed by atoms with Crippen molar-refractivity contribution in [2.45, 2.75) is 25.4 Å². The van der Waals surface area contributed by atoms with E-state index in [0.717, 1.165) is 35.1 Å². The van der Waals surface area contributed by atoms with Gasteiger partial charge in [-0.3, -0.25) is 9.59 Å². The number of amides is 1. The van der Waals surface area contributed by atoms with Gasteiger partial charge in [0.2, 0.25) is 0 Å². The van der Waals surface area contributed by atoms with Gasteiger partial charge in [0, 0.05) is 68.2 Å². The minimum Gasteiger partial charge on any atom is -0.383 e. The maximum atomic E-state index is 13.3. The molecule has 0 saturated carbocycles. The molecule has 5 rings (SSSR count). The van der Waals surface area contributed by atoms with Crippen molar-refractivity contribution in [3.8, 4) is 0 Å². The third kappa shape index (κ3) is 3.17. The van der Waals surface area contributed by atoms with E-state index in [0.29, 0.717) is 32.2 Å². The highest BCUT2D eigenvalue weighted by molar-refractivity contribution is 5.98. The molecule has 0 spiro atoms. The summed E-state index contributed by atoms with van der Waals surface area (Å²) in [4.78, 5) is 27.5. The molecule has 4 heterocycles. The first kappa shape index (κ1) is 18.2. The molecule has 6 nitrogen and oxygen atoms in total. The third-order valence-electron chi connectivity index (χ3n) is 6.32. The number of benzene rings is 1. The van der Waals surface area contributed by atoms with Crippen molar-refractivity contribution >= 4 is 16.8 Å². The van der Waals surface area contributed by atoms with E-state index < -0.39 is 0 Å². The Morgan fingerprint density at radius 2 is 2.03 bits per heavy atom. The van der Waals surface area contributed by atoms with E-state index >= 15 is 0 Å². The molecule has 2 bridgehead atoms. The van der Waals surface area contributed by atoms with Gasteiger partial charge in [0.05, 0.1) is 6.61 Å². The normalized spacial score (nSPS) is 20.7. The number of carbonyl (C=O) groups excluding carboxylic acids is 1. The van der Waals surface area contributed by atoms with E-state index in [1.54, 1.807) is 13.2 Å². The van der Waals surface area contributed by atoms with Gasteiger partial charge in [0.15, 0.2) is 0 Å². The van der Waals surface area contributed by atoms with Crippen LogP contribution in [0.1, 0.15) is 28.4 Å². The number of fused-ring (bicyclic) bond motifs is 5. The Bertz CT molecular complexity index is 1130. The van der Waals surface area contributed by atoms with Crippen molar-refractivity contribution < 1.29 is 9.53 Å². The second-order valence-electron chi connectivity index (χ2n) is 8.18. The van der Waals surface area contributed by atoms with E-state index in [-0.39, 0.29) is 17.4 Å². The summed E-state index contributed by atoms with van der Waals surface area (Å²) in [6, 6.07) is 13.5. The lowest BCUT2D eigenvalue weighted by atomic mass is 9.83. The predicted octanol–water partition coefficient (Wildman–Crippen LogP) is 2.71. The third-order valence-corrected chi connectivity index (χ3v) is 6.32. The van der Waals surface area contributed by atoms with Gasteiger partial charge in [-0.15, -0.1) is 0 Å². The summed E-state index contributed by atoms with van der Waals surface area (Å²) in [5, 5.41) is 1.13. The molecule has 0 N–H and O–H groups in total. The van der Waals surface area contributed by atoms with Crippen molar-refractivity contribution in [1.82, 2.24) is 14.0 Å².